The Morgan fingerprint density at radius 3 is 2.44 bits per heavy atom. The molecule has 0 radical (unpaired) electrons. The molecule has 0 spiro atoms. The van der Waals surface area contributed by atoms with Crippen LogP contribution in [0.3, 0.4) is 0 Å². The molecule has 0 saturated heterocycles. The number of nitrogens with zero attached hydrogens (tertiary/aromatic N) is 1. The van der Waals surface area contributed by atoms with E-state index in [9.17, 15) is 14.0 Å². The van der Waals surface area contributed by atoms with Crippen LogP contribution in [0.25, 0.3) is 6.08 Å². The van der Waals surface area contributed by atoms with Crippen molar-refractivity contribution in [3.05, 3.63) is 77.1 Å². The second-order valence-electron chi connectivity index (χ2n) is 5.28. The fourth-order valence-corrected chi connectivity index (χ4v) is 1.96. The van der Waals surface area contributed by atoms with Gasteiger partial charge in [0.25, 0.3) is 11.8 Å². The third-order valence-electron chi connectivity index (χ3n) is 3.17. The SMILES string of the molecule is CC(C=NNC(=O)CNC(=O)c1ccc(F)cc1)=Cc1ccccc1. The molecule has 2 N–H and O–H groups in total. The highest BCUT2D eigenvalue weighted by Crippen LogP contribution is 2.04. The minimum absolute atomic E-state index is 0.227. The lowest BCUT2D eigenvalue weighted by Crippen LogP contribution is -2.34. The van der Waals surface area contributed by atoms with Crippen LogP contribution < -0.4 is 10.7 Å². The van der Waals surface area contributed by atoms with Crippen LogP contribution in [0.5, 0.6) is 0 Å². The van der Waals surface area contributed by atoms with Gasteiger partial charge in [0.1, 0.15) is 5.82 Å². The molecule has 0 bridgehead atoms. The molecule has 0 saturated carbocycles. The number of hydrogen-bond acceptors (Lipinski definition) is 3. The van der Waals surface area contributed by atoms with Crippen molar-refractivity contribution in [2.45, 2.75) is 6.92 Å². The Labute approximate surface area is 145 Å². The zero-order valence-electron chi connectivity index (χ0n) is 13.7. The summed E-state index contributed by atoms with van der Waals surface area (Å²) in [5, 5.41) is 6.27. The molecule has 128 valence electrons. The number of benzene rings is 2. The summed E-state index contributed by atoms with van der Waals surface area (Å²) in [5.41, 5.74) is 4.50. The molecule has 0 heterocycles. The predicted octanol–water partition coefficient (Wildman–Crippen LogP) is 2.76. The van der Waals surface area contributed by atoms with Crippen molar-refractivity contribution < 1.29 is 14.0 Å². The van der Waals surface area contributed by atoms with Crippen LogP contribution in [0.15, 0.2) is 65.3 Å². The van der Waals surface area contributed by atoms with Gasteiger partial charge in [-0.05, 0) is 42.3 Å². The van der Waals surface area contributed by atoms with Gasteiger partial charge in [-0.3, -0.25) is 9.59 Å². The van der Waals surface area contributed by atoms with Gasteiger partial charge in [0.05, 0.1) is 12.8 Å². The van der Waals surface area contributed by atoms with Crippen molar-refractivity contribution in [1.29, 1.82) is 0 Å². The van der Waals surface area contributed by atoms with E-state index in [0.29, 0.717) is 0 Å². The molecule has 0 fully saturated rings. The fraction of sp³-hybridized carbons (Fsp3) is 0.105. The van der Waals surface area contributed by atoms with Crippen LogP contribution in [-0.4, -0.2) is 24.6 Å². The van der Waals surface area contributed by atoms with Gasteiger partial charge in [0, 0.05) is 5.56 Å². The van der Waals surface area contributed by atoms with Crippen LogP contribution in [-0.2, 0) is 4.79 Å². The maximum Gasteiger partial charge on any atom is 0.259 e. The molecular formula is C19H18FN3O2. The molecule has 0 aliphatic heterocycles. The first-order chi connectivity index (χ1) is 12.0. The fourth-order valence-electron chi connectivity index (χ4n) is 1.96. The van der Waals surface area contributed by atoms with Crippen LogP contribution in [0, 0.1) is 5.82 Å². The lowest BCUT2D eigenvalue weighted by Gasteiger charge is -2.04. The minimum Gasteiger partial charge on any atom is -0.343 e. The summed E-state index contributed by atoms with van der Waals surface area (Å²) in [7, 11) is 0. The van der Waals surface area contributed by atoms with E-state index in [-0.39, 0.29) is 12.1 Å². The van der Waals surface area contributed by atoms with Gasteiger partial charge in [-0.1, -0.05) is 36.4 Å². The first-order valence-electron chi connectivity index (χ1n) is 7.63. The average Bonchev–Trinajstić information content (AvgIpc) is 2.61. The topological polar surface area (TPSA) is 70.6 Å². The van der Waals surface area contributed by atoms with Crippen LogP contribution in [0.4, 0.5) is 4.39 Å². The molecule has 2 amide bonds. The van der Waals surface area contributed by atoms with Crippen molar-refractivity contribution >= 4 is 24.1 Å². The van der Waals surface area contributed by atoms with Crippen LogP contribution in [0.2, 0.25) is 0 Å². The molecule has 0 unspecified atom stereocenters. The zero-order chi connectivity index (χ0) is 18.1. The van der Waals surface area contributed by atoms with Crippen LogP contribution >= 0.6 is 0 Å². The number of halogens is 1. The molecule has 25 heavy (non-hydrogen) atoms. The number of amides is 2. The molecule has 0 aliphatic rings. The number of carbonyl (C=O) groups is 2. The van der Waals surface area contributed by atoms with Gasteiger partial charge in [-0.15, -0.1) is 0 Å². The maximum atomic E-state index is 12.8. The Kier molecular flexibility index (Phi) is 6.59. The highest BCUT2D eigenvalue weighted by molar-refractivity contribution is 5.96. The summed E-state index contributed by atoms with van der Waals surface area (Å²) in [6.07, 6.45) is 3.44. The van der Waals surface area contributed by atoms with Crippen molar-refractivity contribution in [3.63, 3.8) is 0 Å². The zero-order valence-corrected chi connectivity index (χ0v) is 13.7. The molecule has 2 aromatic rings. The van der Waals surface area contributed by atoms with Gasteiger partial charge in [0.15, 0.2) is 0 Å². The second-order valence-corrected chi connectivity index (χ2v) is 5.28. The summed E-state index contributed by atoms with van der Waals surface area (Å²) in [4.78, 5) is 23.4. The standard InChI is InChI=1S/C19H18FN3O2/c1-14(11-15-5-3-2-4-6-15)12-22-23-18(24)13-21-19(25)16-7-9-17(20)10-8-16/h2-12H,13H2,1H3,(H,21,25)(H,23,24). The van der Waals surface area contributed by atoms with Gasteiger partial charge in [0.2, 0.25) is 0 Å². The summed E-state index contributed by atoms with van der Waals surface area (Å²) >= 11 is 0. The van der Waals surface area contributed by atoms with Gasteiger partial charge in [-0.25, -0.2) is 9.82 Å². The van der Waals surface area contributed by atoms with Gasteiger partial charge >= 0.3 is 0 Å². The predicted molar refractivity (Wildman–Crippen MR) is 95.5 cm³/mol. The molecule has 0 aliphatic carbocycles. The molecule has 5 nitrogen and oxygen atoms in total. The third kappa shape index (κ3) is 6.39. The third-order valence-corrected chi connectivity index (χ3v) is 3.17. The van der Waals surface area contributed by atoms with Gasteiger partial charge < -0.3 is 5.32 Å². The number of hydrogen-bond donors (Lipinski definition) is 2. The molecule has 0 atom stereocenters. The quantitative estimate of drug-likeness (QED) is 0.627. The Balaban J connectivity index is 1.77. The van der Waals surface area contributed by atoms with E-state index < -0.39 is 17.6 Å². The van der Waals surface area contributed by atoms with E-state index >= 15 is 0 Å². The van der Waals surface area contributed by atoms with Gasteiger partial charge in [-0.2, -0.15) is 5.10 Å². The van der Waals surface area contributed by atoms with Crippen LogP contribution in [0.1, 0.15) is 22.8 Å². The van der Waals surface area contributed by atoms with E-state index in [4.69, 9.17) is 0 Å². The number of hydrazone groups is 1. The minimum atomic E-state index is -0.459. The highest BCUT2D eigenvalue weighted by Gasteiger charge is 2.07. The smallest absolute Gasteiger partial charge is 0.259 e. The average molecular weight is 339 g/mol. The van der Waals surface area contributed by atoms with E-state index in [1.54, 1.807) is 0 Å². The van der Waals surface area contributed by atoms with E-state index in [1.165, 1.54) is 30.5 Å². The molecular weight excluding hydrogens is 321 g/mol. The Hall–Kier alpha value is -3.28. The first kappa shape index (κ1) is 18.1. The van der Waals surface area contributed by atoms with Crippen molar-refractivity contribution in [1.82, 2.24) is 10.7 Å². The number of rotatable bonds is 6. The Bertz CT molecular complexity index is 784. The molecule has 6 heteroatoms. The van der Waals surface area contributed by atoms with E-state index in [1.807, 2.05) is 43.3 Å². The normalized spacial score (nSPS) is 11.4. The number of allylic oxidation sites excluding steroid dienone is 1. The van der Waals surface area contributed by atoms with Crippen molar-refractivity contribution in [3.8, 4) is 0 Å². The first-order valence-corrected chi connectivity index (χ1v) is 7.63. The molecule has 2 aromatic carbocycles. The summed E-state index contributed by atoms with van der Waals surface area (Å²) in [5.74, 6) is -1.35. The van der Waals surface area contributed by atoms with Crippen molar-refractivity contribution in [2.24, 2.45) is 5.10 Å². The lowest BCUT2D eigenvalue weighted by molar-refractivity contribution is -0.120. The number of nitrogens with one attached hydrogen (secondary N) is 2. The highest BCUT2D eigenvalue weighted by atomic mass is 19.1. The maximum absolute atomic E-state index is 12.8. The van der Waals surface area contributed by atoms with E-state index in [2.05, 4.69) is 15.8 Å². The number of carbonyl (C=O) groups excluding carboxylic acids is 2. The Morgan fingerprint density at radius 2 is 1.76 bits per heavy atom. The molecule has 0 aromatic heterocycles. The summed E-state index contributed by atoms with van der Waals surface area (Å²) in [6, 6.07) is 14.8. The second kappa shape index (κ2) is 9.12. The summed E-state index contributed by atoms with van der Waals surface area (Å²) in [6.45, 7) is 1.63. The van der Waals surface area contributed by atoms with Crippen molar-refractivity contribution in [2.75, 3.05) is 6.54 Å². The summed E-state index contributed by atoms with van der Waals surface area (Å²) < 4.78 is 12.8. The molecule has 2 rings (SSSR count). The lowest BCUT2D eigenvalue weighted by atomic mass is 10.1. The van der Waals surface area contributed by atoms with E-state index in [0.717, 1.165) is 11.1 Å². The Morgan fingerprint density at radius 1 is 1.08 bits per heavy atom. The monoisotopic (exact) mass is 339 g/mol. The largest absolute Gasteiger partial charge is 0.343 e.